The van der Waals surface area contributed by atoms with E-state index in [2.05, 4.69) is 33.9 Å². The van der Waals surface area contributed by atoms with Crippen LogP contribution in [-0.4, -0.2) is 46.4 Å². The molecule has 0 saturated carbocycles. The molecular weight excluding hydrogens is 423 g/mol. The van der Waals surface area contributed by atoms with Crippen LogP contribution in [0.3, 0.4) is 0 Å². The van der Waals surface area contributed by atoms with Crippen LogP contribution in [-0.2, 0) is 49.2 Å². The van der Waals surface area contributed by atoms with E-state index in [0.717, 1.165) is 0 Å². The van der Waals surface area contributed by atoms with Gasteiger partial charge in [-0.05, 0) is 0 Å². The molecule has 6 nitrogen and oxygen atoms in total. The molecule has 0 rings (SSSR count). The molecule has 0 aromatic rings. The molecule has 0 N–H and O–H groups in total. The molecule has 0 heterocycles. The van der Waals surface area contributed by atoms with Gasteiger partial charge in [0.05, 0.1) is 0 Å². The molecule has 1 radical (unpaired) electrons. The summed E-state index contributed by atoms with van der Waals surface area (Å²) in [5.74, 6) is 0. The van der Waals surface area contributed by atoms with E-state index in [1.807, 2.05) is 0 Å². The van der Waals surface area contributed by atoms with Gasteiger partial charge in [-0.3, -0.25) is 33.9 Å². The Bertz CT molecular complexity index is 113. The first-order valence-electron chi connectivity index (χ1n) is 2.20. The molecule has 0 spiro atoms. The second kappa shape index (κ2) is 87.7. The zero-order valence-electron chi connectivity index (χ0n) is 7.85. The minimum absolute atomic E-state index is 0. The average Bonchev–Trinajstić information content (AvgIpc) is 2.40. The van der Waals surface area contributed by atoms with Gasteiger partial charge in [0.1, 0.15) is 0 Å². The Labute approximate surface area is 109 Å². The third-order valence-corrected chi connectivity index (χ3v) is 0.116. The smallest absolute Gasteiger partial charge is 0.298 e. The van der Waals surface area contributed by atoms with Crippen molar-refractivity contribution in [1.82, 2.24) is 0 Å². The molecular formula is C7H5F3O6Re-6. The van der Waals surface area contributed by atoms with E-state index in [1.54, 1.807) is 0 Å². The predicted octanol–water partition coefficient (Wildman–Crippen LogP) is -0.715. The largest absolute Gasteiger partial charge is 0.545 e. The monoisotopic (exact) mass is 429 g/mol. The number of halogens is 3. The Kier molecular flexibility index (Phi) is 233. The SMILES string of the molecule is O=[C-]C(F)(F)F.[CH-]=O.[CH-]=O.[CH-]=O.[CH-]=O.[CH-]=O.[Re]. The van der Waals surface area contributed by atoms with E-state index in [9.17, 15) is 13.2 Å². The van der Waals surface area contributed by atoms with E-state index in [0.29, 0.717) is 0 Å². The zero-order valence-corrected chi connectivity index (χ0v) is 10.6. The maximum atomic E-state index is 10.4. The summed E-state index contributed by atoms with van der Waals surface area (Å²) in [7, 11) is 0. The maximum Gasteiger partial charge on any atom is 0.298 e. The van der Waals surface area contributed by atoms with Crippen molar-refractivity contribution in [2.45, 2.75) is 6.18 Å². The van der Waals surface area contributed by atoms with Gasteiger partial charge in [0.15, 0.2) is 0 Å². The van der Waals surface area contributed by atoms with Crippen molar-refractivity contribution in [3.05, 3.63) is 0 Å². The summed E-state index contributed by atoms with van der Waals surface area (Å²) in [6.45, 7) is 16.2. The van der Waals surface area contributed by atoms with Gasteiger partial charge in [0.25, 0.3) is 6.18 Å². The van der Waals surface area contributed by atoms with Crippen molar-refractivity contribution in [2.75, 3.05) is 0 Å². The molecule has 0 fully saturated rings. The second-order valence-corrected chi connectivity index (χ2v) is 0.600. The average molecular weight is 428 g/mol. The normalized spacial score (nSPS) is 5.12. The topological polar surface area (TPSA) is 102 Å². The minimum atomic E-state index is -4.76. The van der Waals surface area contributed by atoms with Gasteiger partial charge in [-0.25, -0.2) is 13.2 Å². The summed E-state index contributed by atoms with van der Waals surface area (Å²) in [6.07, 6.45) is -4.91. The number of hydrogen-bond donors (Lipinski definition) is 0. The van der Waals surface area contributed by atoms with Crippen LogP contribution in [0.15, 0.2) is 0 Å². The summed E-state index contributed by atoms with van der Waals surface area (Å²) < 4.78 is 31.1. The Morgan fingerprint density at radius 3 is 0.706 bits per heavy atom. The predicted molar refractivity (Wildman–Crippen MR) is 45.5 cm³/mol. The van der Waals surface area contributed by atoms with E-state index in [-0.39, 0.29) is 26.7 Å². The molecule has 0 aliphatic rings. The fraction of sp³-hybridized carbons (Fsp3) is 0.143. The number of rotatable bonds is 0. The van der Waals surface area contributed by atoms with E-state index in [1.165, 1.54) is 0 Å². The molecule has 17 heavy (non-hydrogen) atoms. The molecule has 0 atom stereocenters. The zero-order chi connectivity index (χ0) is 15.2. The number of carbonyl (C=O) groups excluding carboxylic acids is 6. The molecule has 0 aromatic carbocycles. The standard InChI is InChI=1S/C2F3O.5CHO.Re/c3-2(4,5)1-6;5*1-2;/h;5*1H;/q6*-1;. The van der Waals surface area contributed by atoms with Crippen LogP contribution in [0.1, 0.15) is 0 Å². The fourth-order valence-electron chi connectivity index (χ4n) is 0. The van der Waals surface area contributed by atoms with Gasteiger partial charge in [-0.15, -0.1) is 0 Å². The van der Waals surface area contributed by atoms with Crippen molar-refractivity contribution in [1.29, 1.82) is 0 Å². The summed E-state index contributed by atoms with van der Waals surface area (Å²) in [5, 5.41) is 0. The summed E-state index contributed by atoms with van der Waals surface area (Å²) >= 11 is 0. The first kappa shape index (κ1) is 45.1. The Hall–Kier alpha value is -1.53. The van der Waals surface area contributed by atoms with Crippen molar-refractivity contribution >= 4 is 40.2 Å². The van der Waals surface area contributed by atoms with Crippen molar-refractivity contribution in [3.63, 3.8) is 0 Å². The molecule has 0 aliphatic carbocycles. The van der Waals surface area contributed by atoms with Crippen LogP contribution in [0.2, 0.25) is 0 Å². The van der Waals surface area contributed by atoms with Crippen LogP contribution in [0.5, 0.6) is 0 Å². The van der Waals surface area contributed by atoms with Crippen LogP contribution in [0, 0.1) is 0 Å². The van der Waals surface area contributed by atoms with E-state index in [4.69, 9.17) is 28.8 Å². The van der Waals surface area contributed by atoms with Crippen LogP contribution >= 0.6 is 0 Å². The molecule has 0 aromatic heterocycles. The van der Waals surface area contributed by atoms with Crippen LogP contribution < -0.4 is 0 Å². The maximum absolute atomic E-state index is 10.4. The fourth-order valence-corrected chi connectivity index (χ4v) is 0. The van der Waals surface area contributed by atoms with Crippen LogP contribution in [0.4, 0.5) is 13.2 Å². The third kappa shape index (κ3) is 1040. The summed E-state index contributed by atoms with van der Waals surface area (Å²) in [4.78, 5) is 47.3. The summed E-state index contributed by atoms with van der Waals surface area (Å²) in [5.41, 5.74) is 0. The van der Waals surface area contributed by atoms with Gasteiger partial charge in [-0.1, -0.05) is 0 Å². The van der Waals surface area contributed by atoms with E-state index >= 15 is 0 Å². The first-order valence-corrected chi connectivity index (χ1v) is 2.20. The third-order valence-electron chi connectivity index (χ3n) is 0.116. The number of hydrogen-bond acceptors (Lipinski definition) is 6. The number of alkyl halides is 3. The molecule has 0 amide bonds. The van der Waals surface area contributed by atoms with E-state index < -0.39 is 6.18 Å². The first-order chi connectivity index (χ1) is 7.56. The van der Waals surface area contributed by atoms with Crippen molar-refractivity contribution in [3.8, 4) is 0 Å². The molecule has 0 aliphatic heterocycles. The molecule has 103 valence electrons. The Morgan fingerprint density at radius 1 is 0.647 bits per heavy atom. The Balaban J connectivity index is -0.0000000158. The van der Waals surface area contributed by atoms with Gasteiger partial charge in [0.2, 0.25) is 0 Å². The molecule has 10 heteroatoms. The van der Waals surface area contributed by atoms with Crippen LogP contribution in [0.25, 0.3) is 0 Å². The Morgan fingerprint density at radius 2 is 0.706 bits per heavy atom. The summed E-state index contributed by atoms with van der Waals surface area (Å²) in [6, 6.07) is 0. The van der Waals surface area contributed by atoms with Gasteiger partial charge >= 0.3 is 0 Å². The van der Waals surface area contributed by atoms with Gasteiger partial charge in [0, 0.05) is 20.4 Å². The quantitative estimate of drug-likeness (QED) is 0.373. The van der Waals surface area contributed by atoms with Gasteiger partial charge < -0.3 is 28.8 Å². The van der Waals surface area contributed by atoms with Crippen molar-refractivity contribution < 1.29 is 62.4 Å². The van der Waals surface area contributed by atoms with Gasteiger partial charge in [-0.2, -0.15) is 6.29 Å². The molecule has 0 unspecified atom stereocenters. The molecule has 0 saturated heterocycles. The minimum Gasteiger partial charge on any atom is -0.545 e. The molecule has 0 bridgehead atoms. The second-order valence-electron chi connectivity index (χ2n) is 0.600. The van der Waals surface area contributed by atoms with Crippen molar-refractivity contribution in [2.24, 2.45) is 0 Å².